The second-order valence-electron chi connectivity index (χ2n) is 39.6. The van der Waals surface area contributed by atoms with Crippen LogP contribution in [0.5, 0.6) is 0 Å². The number of benzene rings is 11. The highest BCUT2D eigenvalue weighted by Gasteiger charge is 2.39. The maximum Gasteiger partial charge on any atom is 0.168 e. The minimum atomic E-state index is -0.276. The number of hydrogen-bond acceptors (Lipinski definition) is 3. The van der Waals surface area contributed by atoms with Gasteiger partial charge in [-0.2, -0.15) is 0 Å². The number of nitrogens with zero attached hydrogens (tertiary/aromatic N) is 7. The van der Waals surface area contributed by atoms with Crippen molar-refractivity contribution in [3.8, 4) is 51.2 Å². The fourth-order valence-electron chi connectivity index (χ4n) is 17.0. The molecule has 0 fully saturated rings. The van der Waals surface area contributed by atoms with Crippen molar-refractivity contribution in [2.24, 2.45) is 0 Å². The summed E-state index contributed by atoms with van der Waals surface area (Å²) in [6, 6.07) is 77.8. The van der Waals surface area contributed by atoms with Gasteiger partial charge in [0.05, 0.1) is 72.3 Å². The molecule has 0 saturated heterocycles. The summed E-state index contributed by atoms with van der Waals surface area (Å²) in [5, 5.41) is 11.9. The Balaban J connectivity index is 1.27. The normalized spacial score (nSPS) is 13.6. The van der Waals surface area contributed by atoms with Crippen LogP contribution in [0.2, 0.25) is 0 Å². The fraction of sp³-hybridized carbons (Fsp3) is 0.317. The molecule has 0 unspecified atom stereocenters. The SMILES string of the molecule is CC(C)(C)c1ccc2c(c1)c1cc(C(C)(C)C)ccc1n2-c1c(-c2nc(-c3ccccc3)nc(-c3ccccc3)n2)c(-n2c3ccc(C(C)(C)C)cc3c3cc(C(C)(C)C)ccc32)c2c3cc(C(C)(C)C)cc4c5cc(C(C)(C)C)ccc5n(c2c1-n1c2ccc(C(C)(C)C)cc2c2cc(C(C)(C)C)ccc21)c43. The summed E-state index contributed by atoms with van der Waals surface area (Å²) < 4.78 is 10.8. The van der Waals surface area contributed by atoms with Crippen LogP contribution in [0.25, 0.3) is 155 Å². The van der Waals surface area contributed by atoms with Gasteiger partial charge in [-0.1, -0.05) is 269 Å². The van der Waals surface area contributed by atoms with Crippen molar-refractivity contribution in [1.82, 2.24) is 33.1 Å². The molecule has 0 bridgehead atoms. The lowest BCUT2D eigenvalue weighted by molar-refractivity contribution is 0.590. The first-order valence-electron chi connectivity index (χ1n) is 39.2. The van der Waals surface area contributed by atoms with Gasteiger partial charge in [0.15, 0.2) is 17.5 Å². The number of aromatic nitrogens is 7. The van der Waals surface area contributed by atoms with Gasteiger partial charge in [-0.25, -0.2) is 15.0 Å². The van der Waals surface area contributed by atoms with Crippen molar-refractivity contribution in [3.63, 3.8) is 0 Å². The zero-order chi connectivity index (χ0) is 76.5. The Morgan fingerprint density at radius 2 is 0.463 bits per heavy atom. The van der Waals surface area contributed by atoms with E-state index in [0.29, 0.717) is 17.5 Å². The first kappa shape index (κ1) is 70.6. The molecule has 17 rings (SSSR count). The maximum absolute atomic E-state index is 6.16. The van der Waals surface area contributed by atoms with Crippen molar-refractivity contribution < 1.29 is 0 Å². The van der Waals surface area contributed by atoms with Crippen molar-refractivity contribution in [3.05, 3.63) is 245 Å². The molecule has 7 nitrogen and oxygen atoms in total. The second-order valence-corrected chi connectivity index (χ2v) is 39.6. The standard InChI is InChI=1S/C101H105N7/c1-94(2,3)60-35-42-77-68(49-60)69-50-61(95(4,5)6)36-43-78(69)105(77)87-84-76-57-67(101(22,23)24)56-75-74-55-66(100(19,20)21)41-48-83(74)108(86(75)76)88(84)90(107-81-46-39-64(98(13,14)15)53-72(81)73-54-65(99(16,17)18)40-47-82(73)107)89(85(87)93-103-91(58-31-27-25-28-32-58)102-92(104-93)59-33-29-26-30-34-59)106-79-44-37-62(96(7,8)9)51-70(79)71-52-63(97(10,11)12)38-45-80(71)106/h25-57H,1-24H3. The molecule has 6 aromatic heterocycles. The third-order valence-electron chi connectivity index (χ3n) is 23.6. The molecule has 0 radical (unpaired) electrons. The Labute approximate surface area is 638 Å². The van der Waals surface area contributed by atoms with Gasteiger partial charge in [-0.3, -0.25) is 0 Å². The summed E-state index contributed by atoms with van der Waals surface area (Å²) in [6.45, 7) is 56.5. The molecule has 544 valence electrons. The first-order valence-corrected chi connectivity index (χ1v) is 39.2. The van der Waals surface area contributed by atoms with Crippen molar-refractivity contribution in [2.45, 2.75) is 209 Å². The van der Waals surface area contributed by atoms with Gasteiger partial charge < -0.3 is 18.1 Å². The van der Waals surface area contributed by atoms with E-state index in [1.807, 2.05) is 0 Å². The van der Waals surface area contributed by atoms with E-state index in [1.165, 1.54) is 93.1 Å². The van der Waals surface area contributed by atoms with Crippen LogP contribution in [0, 0.1) is 0 Å². The summed E-state index contributed by atoms with van der Waals surface area (Å²) in [6.07, 6.45) is 0. The Bertz CT molecular complexity index is 6310. The van der Waals surface area contributed by atoms with E-state index in [2.05, 4.69) is 384 Å². The van der Waals surface area contributed by atoms with E-state index in [1.54, 1.807) is 0 Å². The molecular formula is C101H105N7. The molecule has 7 heteroatoms. The van der Waals surface area contributed by atoms with Crippen LogP contribution in [0.15, 0.2) is 200 Å². The largest absolute Gasteiger partial charge is 0.308 e. The molecule has 0 spiro atoms. The highest BCUT2D eigenvalue weighted by Crippen LogP contribution is 2.56. The second kappa shape index (κ2) is 23.6. The molecule has 0 saturated carbocycles. The predicted octanol–water partition coefficient (Wildman–Crippen LogP) is 27.7. The molecule has 108 heavy (non-hydrogen) atoms. The predicted molar refractivity (Wildman–Crippen MR) is 463 cm³/mol. The van der Waals surface area contributed by atoms with E-state index in [4.69, 9.17) is 15.0 Å². The van der Waals surface area contributed by atoms with Gasteiger partial charge >= 0.3 is 0 Å². The molecule has 6 heterocycles. The Kier molecular flexibility index (Phi) is 15.4. The Hall–Kier alpha value is -10.4. The lowest BCUT2D eigenvalue weighted by Crippen LogP contribution is -2.14. The monoisotopic (exact) mass is 1420 g/mol. The lowest BCUT2D eigenvalue weighted by atomic mass is 9.84. The summed E-state index contributed by atoms with van der Waals surface area (Å²) in [7, 11) is 0. The van der Waals surface area contributed by atoms with E-state index < -0.39 is 0 Å². The van der Waals surface area contributed by atoms with Gasteiger partial charge in [-0.15, -0.1) is 0 Å². The van der Waals surface area contributed by atoms with Crippen LogP contribution in [-0.2, 0) is 43.3 Å². The van der Waals surface area contributed by atoms with E-state index in [0.717, 1.165) is 88.7 Å². The minimum absolute atomic E-state index is 0.134. The number of fused-ring (bicyclic) bond motifs is 15. The molecule has 0 amide bonds. The van der Waals surface area contributed by atoms with Crippen molar-refractivity contribution in [2.75, 3.05) is 0 Å². The minimum Gasteiger partial charge on any atom is -0.308 e. The number of hydrogen-bond donors (Lipinski definition) is 0. The smallest absolute Gasteiger partial charge is 0.168 e. The summed E-state index contributed by atoms with van der Waals surface area (Å²) in [5.41, 5.74) is 24.5. The average Bonchev–Trinajstić information content (AvgIpc) is 1.49. The van der Waals surface area contributed by atoms with Gasteiger partial charge in [0.2, 0.25) is 0 Å². The highest BCUT2D eigenvalue weighted by atomic mass is 15.1. The van der Waals surface area contributed by atoms with E-state index in [9.17, 15) is 0 Å². The van der Waals surface area contributed by atoms with Gasteiger partial charge in [-0.05, 0) is 185 Å². The molecule has 0 aliphatic carbocycles. The quantitative estimate of drug-likeness (QED) is 0.167. The first-order chi connectivity index (χ1) is 50.6. The topological polar surface area (TPSA) is 57.9 Å². The Morgan fingerprint density at radius 3 is 0.769 bits per heavy atom. The van der Waals surface area contributed by atoms with Gasteiger partial charge in [0.1, 0.15) is 0 Å². The molecular weight excluding hydrogens is 1310 g/mol. The molecule has 0 aliphatic rings. The zero-order valence-corrected chi connectivity index (χ0v) is 68.2. The van der Waals surface area contributed by atoms with Crippen LogP contribution in [0.1, 0.15) is 211 Å². The van der Waals surface area contributed by atoms with Gasteiger partial charge in [0, 0.05) is 65.0 Å². The summed E-state index contributed by atoms with van der Waals surface area (Å²) >= 11 is 0. The summed E-state index contributed by atoms with van der Waals surface area (Å²) in [4.78, 5) is 17.9. The van der Waals surface area contributed by atoms with E-state index >= 15 is 0 Å². The molecule has 17 aromatic rings. The van der Waals surface area contributed by atoms with Crippen molar-refractivity contribution >= 4 is 104 Å². The van der Waals surface area contributed by atoms with Crippen LogP contribution in [-0.4, -0.2) is 33.1 Å². The van der Waals surface area contributed by atoms with Crippen LogP contribution >= 0.6 is 0 Å². The fourth-order valence-corrected chi connectivity index (χ4v) is 17.0. The van der Waals surface area contributed by atoms with Crippen molar-refractivity contribution in [1.29, 1.82) is 0 Å². The highest BCUT2D eigenvalue weighted by molar-refractivity contribution is 6.30. The number of rotatable bonds is 6. The third-order valence-corrected chi connectivity index (χ3v) is 23.6. The van der Waals surface area contributed by atoms with Crippen LogP contribution < -0.4 is 0 Å². The van der Waals surface area contributed by atoms with Crippen LogP contribution in [0.4, 0.5) is 0 Å². The average molecular weight is 1420 g/mol. The zero-order valence-electron chi connectivity index (χ0n) is 68.2. The Morgan fingerprint density at radius 1 is 0.213 bits per heavy atom. The molecule has 0 atom stereocenters. The molecule has 0 aliphatic heterocycles. The third kappa shape index (κ3) is 11.2. The molecule has 0 N–H and O–H groups in total. The van der Waals surface area contributed by atoms with Crippen LogP contribution in [0.3, 0.4) is 0 Å². The lowest BCUT2D eigenvalue weighted by Gasteiger charge is -2.27. The summed E-state index contributed by atoms with van der Waals surface area (Å²) in [5.74, 6) is 1.73. The maximum atomic E-state index is 6.16. The van der Waals surface area contributed by atoms with E-state index in [-0.39, 0.29) is 43.3 Å². The van der Waals surface area contributed by atoms with Gasteiger partial charge in [0.25, 0.3) is 0 Å². The molecule has 11 aromatic carbocycles.